The fourth-order valence-electron chi connectivity index (χ4n) is 3.72. The number of hydrogen-bond acceptors (Lipinski definition) is 3. The van der Waals surface area contributed by atoms with Crippen LogP contribution < -0.4 is 10.4 Å². The number of hydrazine groups is 1. The van der Waals surface area contributed by atoms with E-state index in [0.717, 1.165) is 11.4 Å². The standard InChI is InChI=1S/C17H18ClN3/c1-3-17(12-7-5-4-6-8-12)14-11-13(18)9-10-15(14)21-16(19-21)20(17)2/h4-11,16,19H,3H2,1-2H3. The van der Waals surface area contributed by atoms with Gasteiger partial charge in [0.05, 0.1) is 11.2 Å². The number of anilines is 1. The van der Waals surface area contributed by atoms with Gasteiger partial charge in [-0.05, 0) is 37.2 Å². The molecule has 0 aliphatic carbocycles. The minimum absolute atomic E-state index is 0.147. The van der Waals surface area contributed by atoms with Gasteiger partial charge in [0.1, 0.15) is 0 Å². The summed E-state index contributed by atoms with van der Waals surface area (Å²) >= 11 is 6.30. The lowest BCUT2D eigenvalue weighted by molar-refractivity contribution is 0.134. The Morgan fingerprint density at radius 2 is 1.95 bits per heavy atom. The van der Waals surface area contributed by atoms with E-state index in [9.17, 15) is 0 Å². The molecule has 0 spiro atoms. The molecule has 0 saturated carbocycles. The Kier molecular flexibility index (Phi) is 2.80. The molecule has 2 aliphatic heterocycles. The first-order chi connectivity index (χ1) is 10.2. The Morgan fingerprint density at radius 3 is 2.67 bits per heavy atom. The molecule has 3 nitrogen and oxygen atoms in total. The number of halogens is 1. The molecule has 0 bridgehead atoms. The van der Waals surface area contributed by atoms with Crippen molar-refractivity contribution in [3.05, 3.63) is 64.7 Å². The van der Waals surface area contributed by atoms with Gasteiger partial charge in [0, 0.05) is 10.6 Å². The van der Waals surface area contributed by atoms with E-state index in [-0.39, 0.29) is 11.8 Å². The van der Waals surface area contributed by atoms with Crippen molar-refractivity contribution in [1.29, 1.82) is 0 Å². The van der Waals surface area contributed by atoms with Gasteiger partial charge in [0.2, 0.25) is 0 Å². The van der Waals surface area contributed by atoms with Crippen LogP contribution in [0.15, 0.2) is 48.5 Å². The molecule has 2 aromatic rings. The van der Waals surface area contributed by atoms with Crippen LogP contribution in [0.2, 0.25) is 5.02 Å². The molecular weight excluding hydrogens is 282 g/mol. The van der Waals surface area contributed by atoms with E-state index in [1.54, 1.807) is 0 Å². The molecule has 108 valence electrons. The summed E-state index contributed by atoms with van der Waals surface area (Å²) in [5, 5.41) is 2.99. The second-order valence-electron chi connectivity index (χ2n) is 5.72. The van der Waals surface area contributed by atoms with Crippen LogP contribution in [0.25, 0.3) is 0 Å². The molecule has 1 fully saturated rings. The van der Waals surface area contributed by atoms with Crippen molar-refractivity contribution in [3.63, 3.8) is 0 Å². The fraction of sp³-hybridized carbons (Fsp3) is 0.294. The van der Waals surface area contributed by atoms with E-state index in [4.69, 9.17) is 11.6 Å². The third kappa shape index (κ3) is 1.68. The topological polar surface area (TPSA) is 28.2 Å². The van der Waals surface area contributed by atoms with Gasteiger partial charge in [-0.3, -0.25) is 9.91 Å². The highest BCUT2D eigenvalue weighted by atomic mass is 35.5. The highest BCUT2D eigenvalue weighted by molar-refractivity contribution is 6.30. The summed E-state index contributed by atoms with van der Waals surface area (Å²) in [6.45, 7) is 2.24. The summed E-state index contributed by atoms with van der Waals surface area (Å²) in [6, 6.07) is 16.9. The van der Waals surface area contributed by atoms with Crippen LogP contribution in [0.1, 0.15) is 24.5 Å². The summed E-state index contributed by atoms with van der Waals surface area (Å²) < 4.78 is 0. The second kappa shape index (κ2) is 4.47. The quantitative estimate of drug-likeness (QED) is 0.860. The van der Waals surface area contributed by atoms with Crippen molar-refractivity contribution in [2.75, 3.05) is 12.1 Å². The normalized spacial score (nSPS) is 27.2. The molecule has 1 N–H and O–H groups in total. The van der Waals surface area contributed by atoms with Crippen molar-refractivity contribution in [1.82, 2.24) is 10.3 Å². The maximum atomic E-state index is 6.30. The number of fused-ring (bicyclic) bond motifs is 3. The van der Waals surface area contributed by atoms with Crippen molar-refractivity contribution in [2.45, 2.75) is 25.2 Å². The van der Waals surface area contributed by atoms with E-state index in [1.807, 2.05) is 6.07 Å². The van der Waals surface area contributed by atoms with Crippen LogP contribution in [-0.4, -0.2) is 18.2 Å². The highest BCUT2D eigenvalue weighted by Crippen LogP contribution is 2.51. The van der Waals surface area contributed by atoms with Gasteiger partial charge in [-0.25, -0.2) is 0 Å². The van der Waals surface area contributed by atoms with E-state index >= 15 is 0 Å². The minimum atomic E-state index is -0.147. The number of hydrogen-bond donors (Lipinski definition) is 1. The number of nitrogens with zero attached hydrogens (tertiary/aromatic N) is 2. The second-order valence-corrected chi connectivity index (χ2v) is 6.16. The monoisotopic (exact) mass is 299 g/mol. The number of benzene rings is 2. The predicted molar refractivity (Wildman–Crippen MR) is 86.1 cm³/mol. The third-order valence-corrected chi connectivity index (χ3v) is 5.06. The van der Waals surface area contributed by atoms with Gasteiger partial charge >= 0.3 is 0 Å². The lowest BCUT2D eigenvalue weighted by Crippen LogP contribution is -2.50. The molecule has 2 aliphatic rings. The molecule has 2 aromatic carbocycles. The molecule has 4 rings (SSSR count). The van der Waals surface area contributed by atoms with Crippen molar-refractivity contribution >= 4 is 17.3 Å². The van der Waals surface area contributed by atoms with Gasteiger partial charge in [-0.1, -0.05) is 48.9 Å². The summed E-state index contributed by atoms with van der Waals surface area (Å²) in [4.78, 5) is 2.40. The Morgan fingerprint density at radius 1 is 1.19 bits per heavy atom. The molecule has 2 atom stereocenters. The molecule has 4 heteroatoms. The summed E-state index contributed by atoms with van der Waals surface area (Å²) in [5.41, 5.74) is 7.10. The van der Waals surface area contributed by atoms with Gasteiger partial charge in [0.25, 0.3) is 0 Å². The fourth-order valence-corrected chi connectivity index (χ4v) is 3.89. The third-order valence-electron chi connectivity index (χ3n) is 4.83. The maximum absolute atomic E-state index is 6.30. The average molecular weight is 300 g/mol. The first kappa shape index (κ1) is 13.1. The Balaban J connectivity index is 2.01. The highest BCUT2D eigenvalue weighted by Gasteiger charge is 2.54. The largest absolute Gasteiger partial charge is 0.272 e. The molecular formula is C17H18ClN3. The Bertz CT molecular complexity index is 688. The zero-order chi connectivity index (χ0) is 14.6. The maximum Gasteiger partial charge on any atom is 0.169 e. The Hall–Kier alpha value is -1.55. The number of nitrogens with one attached hydrogen (secondary N) is 1. The predicted octanol–water partition coefficient (Wildman–Crippen LogP) is 3.55. The lowest BCUT2D eigenvalue weighted by atomic mass is 9.77. The smallest absolute Gasteiger partial charge is 0.169 e. The van der Waals surface area contributed by atoms with Crippen LogP contribution in [0.4, 0.5) is 5.69 Å². The van der Waals surface area contributed by atoms with E-state index in [0.29, 0.717) is 0 Å². The molecule has 21 heavy (non-hydrogen) atoms. The Labute approximate surface area is 130 Å². The van der Waals surface area contributed by atoms with Crippen LogP contribution in [-0.2, 0) is 5.54 Å². The zero-order valence-electron chi connectivity index (χ0n) is 12.2. The SMILES string of the molecule is CCC1(c2ccccc2)c2cc(Cl)ccc2N2NC2N1C. The van der Waals surface area contributed by atoms with Crippen LogP contribution in [0.5, 0.6) is 0 Å². The summed E-state index contributed by atoms with van der Waals surface area (Å²) in [5.74, 6) is 0. The van der Waals surface area contributed by atoms with Gasteiger partial charge in [0.15, 0.2) is 6.29 Å². The van der Waals surface area contributed by atoms with Gasteiger partial charge < -0.3 is 0 Å². The molecule has 2 heterocycles. The van der Waals surface area contributed by atoms with E-state index in [1.165, 1.54) is 16.8 Å². The van der Waals surface area contributed by atoms with Crippen molar-refractivity contribution in [2.24, 2.45) is 0 Å². The first-order valence-electron chi connectivity index (χ1n) is 7.32. The summed E-state index contributed by atoms with van der Waals surface area (Å²) in [6.07, 6.45) is 1.26. The summed E-state index contributed by atoms with van der Waals surface area (Å²) in [7, 11) is 2.18. The van der Waals surface area contributed by atoms with E-state index < -0.39 is 0 Å². The van der Waals surface area contributed by atoms with Gasteiger partial charge in [-0.2, -0.15) is 5.43 Å². The van der Waals surface area contributed by atoms with Crippen molar-refractivity contribution < 1.29 is 0 Å². The minimum Gasteiger partial charge on any atom is -0.272 e. The molecule has 0 radical (unpaired) electrons. The zero-order valence-corrected chi connectivity index (χ0v) is 12.9. The van der Waals surface area contributed by atoms with Gasteiger partial charge in [-0.15, -0.1) is 0 Å². The van der Waals surface area contributed by atoms with Crippen LogP contribution in [0, 0.1) is 0 Å². The van der Waals surface area contributed by atoms with Crippen molar-refractivity contribution in [3.8, 4) is 0 Å². The lowest BCUT2D eigenvalue weighted by Gasteiger charge is -2.45. The molecule has 2 unspecified atom stereocenters. The molecule has 0 aromatic heterocycles. The van der Waals surface area contributed by atoms with Crippen LogP contribution in [0.3, 0.4) is 0 Å². The first-order valence-corrected chi connectivity index (χ1v) is 7.70. The number of rotatable bonds is 2. The van der Waals surface area contributed by atoms with Crippen LogP contribution >= 0.6 is 11.6 Å². The molecule has 0 amide bonds. The van der Waals surface area contributed by atoms with E-state index in [2.05, 4.69) is 71.8 Å². The average Bonchev–Trinajstić information content (AvgIpc) is 3.30. The molecule has 1 saturated heterocycles.